The highest BCUT2D eigenvalue weighted by Gasteiger charge is 2.33. The number of rotatable bonds is 6. The van der Waals surface area contributed by atoms with E-state index in [1.54, 1.807) is 0 Å². The Kier molecular flexibility index (Phi) is 6.02. The molecular weight excluding hydrogens is 287 g/mol. The van der Waals surface area contributed by atoms with Crippen LogP contribution in [0.3, 0.4) is 0 Å². The van der Waals surface area contributed by atoms with Crippen LogP contribution in [-0.2, 0) is 0 Å². The standard InChI is InChI=1S/C14H18F3NO3/c1-9(2)11(7-8-19)18-13(20)10-5-3-4-6-12(10)21-14(15,16)17/h3-6,9,11,19H,7-8H2,1-2H3,(H,18,20). The summed E-state index contributed by atoms with van der Waals surface area (Å²) >= 11 is 0. The van der Waals surface area contributed by atoms with Gasteiger partial charge in [-0.25, -0.2) is 0 Å². The normalized spacial score (nSPS) is 13.1. The molecule has 2 N–H and O–H groups in total. The number of hydrogen-bond donors (Lipinski definition) is 2. The number of nitrogens with one attached hydrogen (secondary N) is 1. The van der Waals surface area contributed by atoms with Gasteiger partial charge in [0.25, 0.3) is 5.91 Å². The second-order valence-corrected chi connectivity index (χ2v) is 4.88. The van der Waals surface area contributed by atoms with Gasteiger partial charge < -0.3 is 15.2 Å². The second kappa shape index (κ2) is 7.31. The number of aliphatic hydroxyl groups excluding tert-OH is 1. The molecule has 0 radical (unpaired) electrons. The Balaban J connectivity index is 2.91. The van der Waals surface area contributed by atoms with Gasteiger partial charge >= 0.3 is 6.36 Å². The molecule has 1 unspecified atom stereocenters. The lowest BCUT2D eigenvalue weighted by Crippen LogP contribution is -2.39. The molecule has 0 aromatic heterocycles. The average Bonchev–Trinajstić information content (AvgIpc) is 2.36. The summed E-state index contributed by atoms with van der Waals surface area (Å²) < 4.78 is 40.8. The second-order valence-electron chi connectivity index (χ2n) is 4.88. The Labute approximate surface area is 120 Å². The SMILES string of the molecule is CC(C)C(CCO)NC(=O)c1ccccc1OC(F)(F)F. The van der Waals surface area contributed by atoms with E-state index in [4.69, 9.17) is 5.11 Å². The smallest absolute Gasteiger partial charge is 0.405 e. The summed E-state index contributed by atoms with van der Waals surface area (Å²) in [5, 5.41) is 11.6. The third-order valence-corrected chi connectivity index (χ3v) is 2.92. The lowest BCUT2D eigenvalue weighted by atomic mass is 10.0. The fourth-order valence-electron chi connectivity index (χ4n) is 1.83. The number of benzene rings is 1. The number of aliphatic hydroxyl groups is 1. The van der Waals surface area contributed by atoms with Crippen LogP contribution in [0.25, 0.3) is 0 Å². The molecule has 0 aliphatic carbocycles. The van der Waals surface area contributed by atoms with Crippen molar-refractivity contribution in [3.05, 3.63) is 29.8 Å². The quantitative estimate of drug-likeness (QED) is 0.849. The van der Waals surface area contributed by atoms with Gasteiger partial charge in [-0.2, -0.15) is 0 Å². The van der Waals surface area contributed by atoms with Crippen LogP contribution in [-0.4, -0.2) is 30.0 Å². The van der Waals surface area contributed by atoms with Crippen molar-refractivity contribution in [1.82, 2.24) is 5.32 Å². The number of halogens is 3. The maximum atomic E-state index is 12.3. The van der Waals surface area contributed by atoms with Crippen molar-refractivity contribution in [2.45, 2.75) is 32.7 Å². The van der Waals surface area contributed by atoms with Crippen LogP contribution >= 0.6 is 0 Å². The maximum Gasteiger partial charge on any atom is 0.573 e. The van der Waals surface area contributed by atoms with Gasteiger partial charge in [0.15, 0.2) is 0 Å². The zero-order valence-electron chi connectivity index (χ0n) is 11.8. The fraction of sp³-hybridized carbons (Fsp3) is 0.500. The Morgan fingerprint density at radius 2 is 1.95 bits per heavy atom. The van der Waals surface area contributed by atoms with E-state index in [1.165, 1.54) is 18.2 Å². The number of amides is 1. The lowest BCUT2D eigenvalue weighted by molar-refractivity contribution is -0.274. The van der Waals surface area contributed by atoms with Gasteiger partial charge in [-0.05, 0) is 24.5 Å². The van der Waals surface area contributed by atoms with E-state index in [0.29, 0.717) is 6.42 Å². The first-order chi connectivity index (χ1) is 9.74. The fourth-order valence-corrected chi connectivity index (χ4v) is 1.83. The topological polar surface area (TPSA) is 58.6 Å². The number of ether oxygens (including phenoxy) is 1. The van der Waals surface area contributed by atoms with E-state index < -0.39 is 18.0 Å². The number of para-hydroxylation sites is 1. The summed E-state index contributed by atoms with van der Waals surface area (Å²) in [5.41, 5.74) is -0.196. The van der Waals surface area contributed by atoms with Crippen LogP contribution < -0.4 is 10.1 Å². The summed E-state index contributed by atoms with van der Waals surface area (Å²) in [5.74, 6) is -1.17. The number of hydrogen-bond acceptors (Lipinski definition) is 3. The van der Waals surface area contributed by atoms with Gasteiger partial charge in [0.1, 0.15) is 5.75 Å². The summed E-state index contributed by atoms with van der Waals surface area (Å²) in [4.78, 5) is 12.1. The monoisotopic (exact) mass is 305 g/mol. The molecule has 0 saturated heterocycles. The van der Waals surface area contributed by atoms with Crippen molar-refractivity contribution >= 4 is 5.91 Å². The van der Waals surface area contributed by atoms with Gasteiger partial charge in [-0.3, -0.25) is 4.79 Å². The first-order valence-electron chi connectivity index (χ1n) is 6.51. The third-order valence-electron chi connectivity index (χ3n) is 2.92. The molecule has 0 aliphatic rings. The molecule has 0 saturated carbocycles. The van der Waals surface area contributed by atoms with Crippen LogP contribution in [0.2, 0.25) is 0 Å². The molecule has 7 heteroatoms. The predicted octanol–water partition coefficient (Wildman–Crippen LogP) is 2.72. The van der Waals surface area contributed by atoms with Crippen molar-refractivity contribution in [3.8, 4) is 5.75 Å². The molecule has 1 atom stereocenters. The molecule has 0 bridgehead atoms. The van der Waals surface area contributed by atoms with Gasteiger partial charge in [0.05, 0.1) is 5.56 Å². The largest absolute Gasteiger partial charge is 0.573 e. The van der Waals surface area contributed by atoms with Gasteiger partial charge in [-0.1, -0.05) is 26.0 Å². The van der Waals surface area contributed by atoms with Gasteiger partial charge in [0.2, 0.25) is 0 Å². The first kappa shape index (κ1) is 17.3. The highest BCUT2D eigenvalue weighted by Crippen LogP contribution is 2.26. The van der Waals surface area contributed by atoms with Crippen molar-refractivity contribution < 1.29 is 27.8 Å². The minimum Gasteiger partial charge on any atom is -0.405 e. The Morgan fingerprint density at radius 1 is 1.33 bits per heavy atom. The summed E-state index contributed by atoms with van der Waals surface area (Å²) in [7, 11) is 0. The van der Waals surface area contributed by atoms with E-state index in [2.05, 4.69) is 10.1 Å². The van der Waals surface area contributed by atoms with E-state index >= 15 is 0 Å². The molecule has 4 nitrogen and oxygen atoms in total. The average molecular weight is 305 g/mol. The molecule has 0 heterocycles. The molecule has 0 spiro atoms. The number of carbonyl (C=O) groups is 1. The highest BCUT2D eigenvalue weighted by molar-refractivity contribution is 5.97. The number of carbonyl (C=O) groups excluding carboxylic acids is 1. The van der Waals surface area contributed by atoms with E-state index in [-0.39, 0.29) is 24.1 Å². The third kappa shape index (κ3) is 5.63. The molecule has 21 heavy (non-hydrogen) atoms. The summed E-state index contributed by atoms with van der Waals surface area (Å²) in [6, 6.07) is 4.81. The van der Waals surface area contributed by atoms with E-state index in [9.17, 15) is 18.0 Å². The van der Waals surface area contributed by atoms with Crippen LogP contribution in [0.15, 0.2) is 24.3 Å². The van der Waals surface area contributed by atoms with E-state index in [0.717, 1.165) is 6.07 Å². The van der Waals surface area contributed by atoms with Crippen molar-refractivity contribution in [1.29, 1.82) is 0 Å². The Bertz CT molecular complexity index is 475. The highest BCUT2D eigenvalue weighted by atomic mass is 19.4. The molecule has 0 fully saturated rings. The molecule has 1 amide bonds. The molecular formula is C14H18F3NO3. The molecule has 118 valence electrons. The van der Waals surface area contributed by atoms with Crippen LogP contribution in [0, 0.1) is 5.92 Å². The van der Waals surface area contributed by atoms with Crippen molar-refractivity contribution in [2.75, 3.05) is 6.61 Å². The molecule has 0 aliphatic heterocycles. The zero-order valence-corrected chi connectivity index (χ0v) is 11.8. The van der Waals surface area contributed by atoms with Crippen LogP contribution in [0.5, 0.6) is 5.75 Å². The minimum absolute atomic E-state index is 0.0387. The summed E-state index contributed by atoms with van der Waals surface area (Å²) in [6.45, 7) is 3.57. The Morgan fingerprint density at radius 3 is 2.48 bits per heavy atom. The number of alkyl halides is 3. The van der Waals surface area contributed by atoms with Gasteiger partial charge in [-0.15, -0.1) is 13.2 Å². The van der Waals surface area contributed by atoms with Crippen LogP contribution in [0.1, 0.15) is 30.6 Å². The zero-order chi connectivity index (χ0) is 16.0. The van der Waals surface area contributed by atoms with Crippen molar-refractivity contribution in [3.63, 3.8) is 0 Å². The minimum atomic E-state index is -4.86. The maximum absolute atomic E-state index is 12.3. The molecule has 1 aromatic rings. The summed E-state index contributed by atoms with van der Waals surface area (Å²) in [6.07, 6.45) is -4.54. The first-order valence-corrected chi connectivity index (χ1v) is 6.51. The van der Waals surface area contributed by atoms with Gasteiger partial charge in [0, 0.05) is 12.6 Å². The molecule has 1 aromatic carbocycles. The Hall–Kier alpha value is -1.76. The lowest BCUT2D eigenvalue weighted by Gasteiger charge is -2.22. The van der Waals surface area contributed by atoms with E-state index in [1.807, 2.05) is 13.8 Å². The van der Waals surface area contributed by atoms with Crippen molar-refractivity contribution in [2.24, 2.45) is 5.92 Å². The van der Waals surface area contributed by atoms with Crippen LogP contribution in [0.4, 0.5) is 13.2 Å². The predicted molar refractivity (Wildman–Crippen MR) is 70.9 cm³/mol. The molecule has 1 rings (SSSR count).